The Morgan fingerprint density at radius 1 is 0.900 bits per heavy atom. The van der Waals surface area contributed by atoms with Crippen LogP contribution in [-0.4, -0.2) is 11.1 Å². The lowest BCUT2D eigenvalue weighted by Crippen LogP contribution is -2.16. The maximum atomic E-state index is 10.9. The molecule has 1 aliphatic rings. The van der Waals surface area contributed by atoms with Crippen LogP contribution in [0.25, 0.3) is 0 Å². The standard InChI is InChI=1S/C18H30O2/c1-2-3-4-5-6-7-8-9-12-16-13-10-11-14-17(16)15-18(19)20/h10-11,13-14,16-17H,2-9,12,15H2,1H3,(H,19,20). The fraction of sp³-hybridized carbons (Fsp3) is 0.722. The van der Waals surface area contributed by atoms with Crippen molar-refractivity contribution in [1.82, 2.24) is 0 Å². The third-order valence-corrected chi connectivity index (χ3v) is 4.18. The van der Waals surface area contributed by atoms with Crippen molar-refractivity contribution in [3.63, 3.8) is 0 Å². The molecule has 0 aromatic heterocycles. The molecule has 0 amide bonds. The fourth-order valence-corrected chi connectivity index (χ4v) is 2.94. The molecule has 2 nitrogen and oxygen atoms in total. The van der Waals surface area contributed by atoms with E-state index in [-0.39, 0.29) is 12.3 Å². The number of unbranched alkanes of at least 4 members (excludes halogenated alkanes) is 7. The molecule has 0 fully saturated rings. The van der Waals surface area contributed by atoms with Crippen LogP contribution in [0.1, 0.15) is 71.1 Å². The van der Waals surface area contributed by atoms with Crippen molar-refractivity contribution in [2.24, 2.45) is 11.8 Å². The van der Waals surface area contributed by atoms with Crippen LogP contribution in [0.2, 0.25) is 0 Å². The maximum Gasteiger partial charge on any atom is 0.303 e. The van der Waals surface area contributed by atoms with Crippen LogP contribution in [-0.2, 0) is 4.79 Å². The van der Waals surface area contributed by atoms with Gasteiger partial charge in [0.25, 0.3) is 0 Å². The Bertz CT molecular complexity index is 317. The van der Waals surface area contributed by atoms with Crippen molar-refractivity contribution < 1.29 is 9.90 Å². The second-order valence-electron chi connectivity index (χ2n) is 5.96. The molecule has 114 valence electrons. The second-order valence-corrected chi connectivity index (χ2v) is 5.96. The van der Waals surface area contributed by atoms with E-state index in [1.165, 1.54) is 51.4 Å². The average molecular weight is 278 g/mol. The summed E-state index contributed by atoms with van der Waals surface area (Å²) in [4.78, 5) is 10.9. The molecule has 2 atom stereocenters. The molecule has 2 unspecified atom stereocenters. The molecule has 0 heterocycles. The molecule has 0 spiro atoms. The van der Waals surface area contributed by atoms with Gasteiger partial charge in [-0.25, -0.2) is 0 Å². The summed E-state index contributed by atoms with van der Waals surface area (Å²) in [5, 5.41) is 8.94. The second kappa shape index (κ2) is 10.7. The summed E-state index contributed by atoms with van der Waals surface area (Å²) in [6.07, 6.45) is 20.4. The Balaban J connectivity index is 2.09. The first-order valence-electron chi connectivity index (χ1n) is 8.30. The Kier molecular flexibility index (Phi) is 9.10. The summed E-state index contributed by atoms with van der Waals surface area (Å²) >= 11 is 0. The monoisotopic (exact) mass is 278 g/mol. The molecule has 0 saturated carbocycles. The van der Waals surface area contributed by atoms with Crippen LogP contribution < -0.4 is 0 Å². The molecular formula is C18H30O2. The van der Waals surface area contributed by atoms with E-state index in [1.807, 2.05) is 6.08 Å². The van der Waals surface area contributed by atoms with Crippen LogP contribution in [0, 0.1) is 11.8 Å². The number of aliphatic carboxylic acids is 1. The van der Waals surface area contributed by atoms with Crippen LogP contribution in [0.3, 0.4) is 0 Å². The number of hydrogen-bond acceptors (Lipinski definition) is 1. The van der Waals surface area contributed by atoms with E-state index >= 15 is 0 Å². The largest absolute Gasteiger partial charge is 0.481 e. The summed E-state index contributed by atoms with van der Waals surface area (Å²) in [7, 11) is 0. The third kappa shape index (κ3) is 7.52. The van der Waals surface area contributed by atoms with E-state index in [9.17, 15) is 4.79 Å². The first kappa shape index (κ1) is 17.0. The van der Waals surface area contributed by atoms with E-state index in [0.717, 1.165) is 6.42 Å². The Morgan fingerprint density at radius 3 is 2.05 bits per heavy atom. The number of carboxylic acid groups (broad SMARTS) is 1. The highest BCUT2D eigenvalue weighted by molar-refractivity contribution is 5.67. The molecule has 0 saturated heterocycles. The van der Waals surface area contributed by atoms with Gasteiger partial charge in [-0.2, -0.15) is 0 Å². The minimum atomic E-state index is -0.684. The summed E-state index contributed by atoms with van der Waals surface area (Å²) in [5.41, 5.74) is 0. The first-order chi connectivity index (χ1) is 9.74. The summed E-state index contributed by atoms with van der Waals surface area (Å²) < 4.78 is 0. The predicted octanol–water partition coefficient (Wildman–Crippen LogP) is 5.35. The minimum Gasteiger partial charge on any atom is -0.481 e. The topological polar surface area (TPSA) is 37.3 Å². The number of rotatable bonds is 11. The molecular weight excluding hydrogens is 248 g/mol. The summed E-state index contributed by atoms with van der Waals surface area (Å²) in [6.45, 7) is 2.25. The Labute approximate surface area is 124 Å². The van der Waals surface area contributed by atoms with Gasteiger partial charge in [0.2, 0.25) is 0 Å². The first-order valence-corrected chi connectivity index (χ1v) is 8.30. The Hall–Kier alpha value is -1.05. The van der Waals surface area contributed by atoms with Gasteiger partial charge in [-0.3, -0.25) is 4.79 Å². The highest BCUT2D eigenvalue weighted by Crippen LogP contribution is 2.28. The van der Waals surface area contributed by atoms with Crippen molar-refractivity contribution in [1.29, 1.82) is 0 Å². The van der Waals surface area contributed by atoms with E-state index in [2.05, 4.69) is 25.2 Å². The van der Waals surface area contributed by atoms with Gasteiger partial charge in [-0.1, -0.05) is 82.6 Å². The fourth-order valence-electron chi connectivity index (χ4n) is 2.94. The SMILES string of the molecule is CCCCCCCCCCC1C=CC=CC1CC(=O)O. The minimum absolute atomic E-state index is 0.196. The lowest BCUT2D eigenvalue weighted by molar-refractivity contribution is -0.138. The molecule has 0 radical (unpaired) electrons. The number of allylic oxidation sites excluding steroid dienone is 4. The van der Waals surface area contributed by atoms with Crippen molar-refractivity contribution in [3.8, 4) is 0 Å². The van der Waals surface area contributed by atoms with E-state index < -0.39 is 5.97 Å². The van der Waals surface area contributed by atoms with Crippen LogP contribution >= 0.6 is 0 Å². The van der Waals surface area contributed by atoms with Crippen molar-refractivity contribution in [3.05, 3.63) is 24.3 Å². The van der Waals surface area contributed by atoms with Crippen molar-refractivity contribution in [2.45, 2.75) is 71.1 Å². The van der Waals surface area contributed by atoms with Gasteiger partial charge in [0.1, 0.15) is 0 Å². The highest BCUT2D eigenvalue weighted by Gasteiger charge is 2.20. The average Bonchev–Trinajstić information content (AvgIpc) is 2.43. The molecule has 1 aliphatic carbocycles. The molecule has 0 bridgehead atoms. The van der Waals surface area contributed by atoms with Crippen molar-refractivity contribution >= 4 is 5.97 Å². The molecule has 0 aromatic rings. The zero-order valence-corrected chi connectivity index (χ0v) is 12.9. The van der Waals surface area contributed by atoms with Crippen LogP contribution in [0.4, 0.5) is 0 Å². The van der Waals surface area contributed by atoms with Gasteiger partial charge in [-0.15, -0.1) is 0 Å². The third-order valence-electron chi connectivity index (χ3n) is 4.18. The van der Waals surface area contributed by atoms with Gasteiger partial charge in [0.05, 0.1) is 6.42 Å². The van der Waals surface area contributed by atoms with E-state index in [0.29, 0.717) is 5.92 Å². The predicted molar refractivity (Wildman–Crippen MR) is 84.7 cm³/mol. The maximum absolute atomic E-state index is 10.9. The summed E-state index contributed by atoms with van der Waals surface area (Å²) in [6, 6.07) is 0. The zero-order valence-electron chi connectivity index (χ0n) is 12.9. The lowest BCUT2D eigenvalue weighted by Gasteiger charge is -2.22. The molecule has 1 rings (SSSR count). The van der Waals surface area contributed by atoms with Gasteiger partial charge in [0, 0.05) is 0 Å². The van der Waals surface area contributed by atoms with Gasteiger partial charge in [0.15, 0.2) is 0 Å². The highest BCUT2D eigenvalue weighted by atomic mass is 16.4. The summed E-state index contributed by atoms with van der Waals surface area (Å²) in [5.74, 6) is -0.0610. The zero-order chi connectivity index (χ0) is 14.6. The van der Waals surface area contributed by atoms with Gasteiger partial charge in [-0.05, 0) is 18.3 Å². The number of carbonyl (C=O) groups is 1. The van der Waals surface area contributed by atoms with Crippen LogP contribution in [0.5, 0.6) is 0 Å². The number of carboxylic acids is 1. The van der Waals surface area contributed by atoms with Gasteiger partial charge >= 0.3 is 5.97 Å². The lowest BCUT2D eigenvalue weighted by atomic mass is 9.82. The van der Waals surface area contributed by atoms with E-state index in [1.54, 1.807) is 0 Å². The quantitative estimate of drug-likeness (QED) is 0.517. The van der Waals surface area contributed by atoms with Gasteiger partial charge < -0.3 is 5.11 Å². The molecule has 0 aromatic carbocycles. The normalized spacial score (nSPS) is 21.2. The number of hydrogen-bond donors (Lipinski definition) is 1. The van der Waals surface area contributed by atoms with Crippen LogP contribution in [0.15, 0.2) is 24.3 Å². The molecule has 0 aliphatic heterocycles. The Morgan fingerprint density at radius 2 is 1.45 bits per heavy atom. The molecule has 1 N–H and O–H groups in total. The smallest absolute Gasteiger partial charge is 0.303 e. The molecule has 2 heteroatoms. The molecule has 20 heavy (non-hydrogen) atoms. The van der Waals surface area contributed by atoms with E-state index in [4.69, 9.17) is 5.11 Å². The van der Waals surface area contributed by atoms with Crippen molar-refractivity contribution in [2.75, 3.05) is 0 Å².